The Morgan fingerprint density at radius 2 is 1.67 bits per heavy atom. The standard InChI is InChI=1S/C19H35N3O2/c1-5-20-18(24)17(15-8-6-7-9-15)22-12-10-21(11-13-22)16(23)14-19(2,3)4/h15,17H,5-14H2,1-4H3,(H,20,24). The number of carbonyl (C=O) groups is 2. The quantitative estimate of drug-likeness (QED) is 0.837. The lowest BCUT2D eigenvalue weighted by Crippen LogP contribution is -2.58. The highest BCUT2D eigenvalue weighted by molar-refractivity contribution is 5.82. The molecule has 2 rings (SSSR count). The molecule has 0 spiro atoms. The first-order valence-electron chi connectivity index (χ1n) is 9.61. The zero-order valence-electron chi connectivity index (χ0n) is 15.9. The highest BCUT2D eigenvalue weighted by Gasteiger charge is 2.37. The lowest BCUT2D eigenvalue weighted by molar-refractivity contribution is -0.136. The molecule has 1 unspecified atom stereocenters. The molecule has 2 aliphatic rings. The van der Waals surface area contributed by atoms with Crippen LogP contribution in [0.2, 0.25) is 0 Å². The second-order valence-corrected chi connectivity index (χ2v) is 8.54. The van der Waals surface area contributed by atoms with E-state index in [4.69, 9.17) is 0 Å². The number of hydrogen-bond donors (Lipinski definition) is 1. The van der Waals surface area contributed by atoms with Crippen LogP contribution in [0, 0.1) is 11.3 Å². The third-order valence-corrected chi connectivity index (χ3v) is 5.21. The van der Waals surface area contributed by atoms with Crippen molar-refractivity contribution in [1.82, 2.24) is 15.1 Å². The van der Waals surface area contributed by atoms with Crippen molar-refractivity contribution < 1.29 is 9.59 Å². The molecular weight excluding hydrogens is 302 g/mol. The first-order chi connectivity index (χ1) is 11.3. The zero-order valence-corrected chi connectivity index (χ0v) is 15.9. The summed E-state index contributed by atoms with van der Waals surface area (Å²) in [5.74, 6) is 0.907. The molecule has 138 valence electrons. The van der Waals surface area contributed by atoms with Crippen LogP contribution in [0.5, 0.6) is 0 Å². The zero-order chi connectivity index (χ0) is 17.7. The molecule has 1 atom stereocenters. The van der Waals surface area contributed by atoms with Crippen LogP contribution in [0.15, 0.2) is 0 Å². The fourth-order valence-corrected chi connectivity index (χ4v) is 4.04. The summed E-state index contributed by atoms with van der Waals surface area (Å²) in [4.78, 5) is 29.3. The van der Waals surface area contributed by atoms with Gasteiger partial charge in [0.25, 0.3) is 0 Å². The molecule has 24 heavy (non-hydrogen) atoms. The number of piperazine rings is 1. The van der Waals surface area contributed by atoms with E-state index < -0.39 is 0 Å². The van der Waals surface area contributed by atoms with Gasteiger partial charge in [-0.25, -0.2) is 0 Å². The molecule has 5 nitrogen and oxygen atoms in total. The van der Waals surface area contributed by atoms with E-state index >= 15 is 0 Å². The van der Waals surface area contributed by atoms with Crippen LogP contribution in [0.4, 0.5) is 0 Å². The Labute approximate surface area is 147 Å². The van der Waals surface area contributed by atoms with Crippen LogP contribution >= 0.6 is 0 Å². The number of rotatable bonds is 5. The molecule has 0 aromatic carbocycles. The number of amides is 2. The first kappa shape index (κ1) is 19.2. The molecule has 1 aliphatic heterocycles. The van der Waals surface area contributed by atoms with Gasteiger partial charge < -0.3 is 10.2 Å². The number of carbonyl (C=O) groups excluding carboxylic acids is 2. The molecule has 5 heteroatoms. The summed E-state index contributed by atoms with van der Waals surface area (Å²) < 4.78 is 0. The lowest BCUT2D eigenvalue weighted by Gasteiger charge is -2.41. The molecule has 2 fully saturated rings. The van der Waals surface area contributed by atoms with Gasteiger partial charge >= 0.3 is 0 Å². The van der Waals surface area contributed by atoms with Crippen LogP contribution in [0.3, 0.4) is 0 Å². The lowest BCUT2D eigenvalue weighted by atomic mass is 9.91. The summed E-state index contributed by atoms with van der Waals surface area (Å²) in [7, 11) is 0. The van der Waals surface area contributed by atoms with Crippen LogP contribution in [0.1, 0.15) is 59.8 Å². The molecule has 1 N–H and O–H groups in total. The van der Waals surface area contributed by atoms with Gasteiger partial charge in [0.1, 0.15) is 0 Å². The summed E-state index contributed by atoms with van der Waals surface area (Å²) in [6.07, 6.45) is 5.39. The molecule has 1 saturated heterocycles. The Morgan fingerprint density at radius 1 is 1.08 bits per heavy atom. The molecular formula is C19H35N3O2. The van der Waals surface area contributed by atoms with Crippen LogP contribution in [-0.2, 0) is 9.59 Å². The molecule has 0 aromatic rings. The Bertz CT molecular complexity index is 430. The maximum atomic E-state index is 12.6. The second kappa shape index (κ2) is 8.32. The smallest absolute Gasteiger partial charge is 0.237 e. The van der Waals surface area contributed by atoms with Gasteiger partial charge in [-0.2, -0.15) is 0 Å². The van der Waals surface area contributed by atoms with Gasteiger partial charge in [-0.15, -0.1) is 0 Å². The maximum absolute atomic E-state index is 12.6. The SMILES string of the molecule is CCNC(=O)C(C1CCCC1)N1CCN(C(=O)CC(C)(C)C)CC1. The van der Waals surface area contributed by atoms with E-state index in [0.29, 0.717) is 18.9 Å². The van der Waals surface area contributed by atoms with Gasteiger partial charge in [-0.05, 0) is 31.1 Å². The number of nitrogens with zero attached hydrogens (tertiary/aromatic N) is 2. The molecule has 0 bridgehead atoms. The highest BCUT2D eigenvalue weighted by atomic mass is 16.2. The summed E-state index contributed by atoms with van der Waals surface area (Å²) in [5.41, 5.74) is 0.0294. The Hall–Kier alpha value is -1.10. The number of nitrogens with one attached hydrogen (secondary N) is 1. The fraction of sp³-hybridized carbons (Fsp3) is 0.895. The van der Waals surface area contributed by atoms with Crippen molar-refractivity contribution in [3.8, 4) is 0 Å². The van der Waals surface area contributed by atoms with Gasteiger partial charge in [-0.1, -0.05) is 33.6 Å². The largest absolute Gasteiger partial charge is 0.355 e. The Balaban J connectivity index is 1.94. The minimum Gasteiger partial charge on any atom is -0.355 e. The van der Waals surface area contributed by atoms with Crippen LogP contribution in [-0.4, -0.2) is 60.4 Å². The van der Waals surface area contributed by atoms with Gasteiger partial charge in [0.2, 0.25) is 11.8 Å². The van der Waals surface area contributed by atoms with Gasteiger partial charge in [0, 0.05) is 39.1 Å². The molecule has 0 radical (unpaired) electrons. The van der Waals surface area contributed by atoms with Crippen LogP contribution < -0.4 is 5.32 Å². The summed E-state index contributed by atoms with van der Waals surface area (Å²) in [6, 6.07) is -0.00711. The predicted octanol–water partition coefficient (Wildman–Crippen LogP) is 2.26. The van der Waals surface area contributed by atoms with Crippen molar-refractivity contribution in [1.29, 1.82) is 0 Å². The average molecular weight is 338 g/mol. The predicted molar refractivity (Wildman–Crippen MR) is 96.7 cm³/mol. The molecule has 2 amide bonds. The van der Waals surface area contributed by atoms with E-state index in [9.17, 15) is 9.59 Å². The first-order valence-corrected chi connectivity index (χ1v) is 9.61. The van der Waals surface area contributed by atoms with Crippen molar-refractivity contribution in [2.45, 2.75) is 65.8 Å². The van der Waals surface area contributed by atoms with E-state index in [0.717, 1.165) is 39.0 Å². The average Bonchev–Trinajstić information content (AvgIpc) is 3.00. The van der Waals surface area contributed by atoms with Crippen LogP contribution in [0.25, 0.3) is 0 Å². The van der Waals surface area contributed by atoms with Gasteiger partial charge in [0.05, 0.1) is 6.04 Å². The monoisotopic (exact) mass is 337 g/mol. The van der Waals surface area contributed by atoms with Crippen molar-refractivity contribution in [2.24, 2.45) is 11.3 Å². The summed E-state index contributed by atoms with van der Waals surface area (Å²) in [6.45, 7) is 12.1. The molecule has 1 aliphatic carbocycles. The van der Waals surface area contributed by atoms with Crippen molar-refractivity contribution >= 4 is 11.8 Å². The molecule has 0 aromatic heterocycles. The third-order valence-electron chi connectivity index (χ3n) is 5.21. The van der Waals surface area contributed by atoms with E-state index in [1.807, 2.05) is 11.8 Å². The van der Waals surface area contributed by atoms with Gasteiger partial charge in [-0.3, -0.25) is 14.5 Å². The summed E-state index contributed by atoms with van der Waals surface area (Å²) in [5, 5.41) is 3.02. The molecule has 1 saturated carbocycles. The third kappa shape index (κ3) is 5.20. The maximum Gasteiger partial charge on any atom is 0.237 e. The minimum atomic E-state index is -0.00711. The minimum absolute atomic E-state index is 0.00711. The number of hydrogen-bond acceptors (Lipinski definition) is 3. The van der Waals surface area contributed by atoms with E-state index in [2.05, 4.69) is 31.0 Å². The van der Waals surface area contributed by atoms with E-state index in [1.54, 1.807) is 0 Å². The number of likely N-dealkylation sites (N-methyl/N-ethyl adjacent to an activating group) is 1. The highest BCUT2D eigenvalue weighted by Crippen LogP contribution is 2.31. The van der Waals surface area contributed by atoms with Crippen molar-refractivity contribution in [2.75, 3.05) is 32.7 Å². The van der Waals surface area contributed by atoms with E-state index in [-0.39, 0.29) is 23.3 Å². The second-order valence-electron chi connectivity index (χ2n) is 8.54. The van der Waals surface area contributed by atoms with Crippen molar-refractivity contribution in [3.63, 3.8) is 0 Å². The van der Waals surface area contributed by atoms with Gasteiger partial charge in [0.15, 0.2) is 0 Å². The normalized spacial score (nSPS) is 21.8. The summed E-state index contributed by atoms with van der Waals surface area (Å²) >= 11 is 0. The Morgan fingerprint density at radius 3 is 2.17 bits per heavy atom. The van der Waals surface area contributed by atoms with E-state index in [1.165, 1.54) is 12.8 Å². The topological polar surface area (TPSA) is 52.7 Å². The fourth-order valence-electron chi connectivity index (χ4n) is 4.04. The van der Waals surface area contributed by atoms with Crippen molar-refractivity contribution in [3.05, 3.63) is 0 Å². The molecule has 1 heterocycles. The Kier molecular flexibility index (Phi) is 6.67.